The normalized spacial score (nSPS) is 19.5. The van der Waals surface area contributed by atoms with E-state index in [1.165, 1.54) is 17.4 Å². The van der Waals surface area contributed by atoms with Gasteiger partial charge in [-0.1, -0.05) is 18.2 Å². The number of morpholine rings is 1. The summed E-state index contributed by atoms with van der Waals surface area (Å²) in [6.07, 6.45) is -0.112. The number of nitro groups is 1. The van der Waals surface area contributed by atoms with Gasteiger partial charge in [-0.2, -0.15) is 0 Å². The van der Waals surface area contributed by atoms with Crippen LogP contribution in [0, 0.1) is 10.1 Å². The first kappa shape index (κ1) is 15.9. The molecule has 2 unspecified atom stereocenters. The van der Waals surface area contributed by atoms with Gasteiger partial charge in [-0.25, -0.2) is 0 Å². The number of thiophene rings is 1. The highest BCUT2D eigenvalue weighted by atomic mass is 32.1. The molecule has 2 heterocycles. The van der Waals surface area contributed by atoms with Gasteiger partial charge in [-0.05, 0) is 17.5 Å². The lowest BCUT2D eigenvalue weighted by Crippen LogP contribution is -2.46. The van der Waals surface area contributed by atoms with Crippen molar-refractivity contribution in [2.75, 3.05) is 24.7 Å². The van der Waals surface area contributed by atoms with Crippen molar-refractivity contribution >= 4 is 22.7 Å². The quantitative estimate of drug-likeness (QED) is 0.672. The van der Waals surface area contributed by atoms with Gasteiger partial charge in [0.2, 0.25) is 0 Å². The Morgan fingerprint density at radius 1 is 1.39 bits per heavy atom. The lowest BCUT2D eigenvalue weighted by Gasteiger charge is -2.37. The van der Waals surface area contributed by atoms with E-state index in [9.17, 15) is 15.2 Å². The molecule has 0 bridgehead atoms. The number of nitro benzene ring substituents is 1. The van der Waals surface area contributed by atoms with Gasteiger partial charge in [0.05, 0.1) is 30.3 Å². The van der Waals surface area contributed by atoms with Crippen molar-refractivity contribution in [1.29, 1.82) is 0 Å². The molecule has 1 fully saturated rings. The zero-order valence-corrected chi connectivity index (χ0v) is 13.3. The maximum atomic E-state index is 11.3. The predicted octanol–water partition coefficient (Wildman–Crippen LogP) is 2.99. The summed E-state index contributed by atoms with van der Waals surface area (Å²) in [5.41, 5.74) is 0.675. The molecule has 0 amide bonds. The molecule has 1 aromatic heterocycles. The first-order valence-electron chi connectivity index (χ1n) is 7.46. The van der Waals surface area contributed by atoms with E-state index in [0.717, 1.165) is 4.88 Å². The number of para-hydroxylation sites is 2. The first-order chi connectivity index (χ1) is 11.2. The van der Waals surface area contributed by atoms with Crippen molar-refractivity contribution in [3.05, 3.63) is 56.8 Å². The summed E-state index contributed by atoms with van der Waals surface area (Å²) in [4.78, 5) is 13.8. The lowest BCUT2D eigenvalue weighted by atomic mass is 10.0. The summed E-state index contributed by atoms with van der Waals surface area (Å²) < 4.78 is 5.53. The Balaban J connectivity index is 1.83. The predicted molar refractivity (Wildman–Crippen MR) is 88.9 cm³/mol. The molecule has 3 rings (SSSR count). The maximum Gasteiger partial charge on any atom is 0.292 e. The Morgan fingerprint density at radius 3 is 2.96 bits per heavy atom. The molecule has 1 aliphatic rings. The highest BCUT2D eigenvalue weighted by molar-refractivity contribution is 7.10. The number of nitrogens with zero attached hydrogens (tertiary/aromatic N) is 2. The number of aliphatic hydroxyl groups excluding tert-OH is 1. The highest BCUT2D eigenvalue weighted by Crippen LogP contribution is 2.33. The van der Waals surface area contributed by atoms with Crippen molar-refractivity contribution in [2.24, 2.45) is 0 Å². The van der Waals surface area contributed by atoms with Crippen LogP contribution >= 0.6 is 11.3 Å². The van der Waals surface area contributed by atoms with Gasteiger partial charge in [0, 0.05) is 23.9 Å². The van der Waals surface area contributed by atoms with E-state index in [2.05, 4.69) is 0 Å². The Morgan fingerprint density at radius 2 is 2.22 bits per heavy atom. The smallest absolute Gasteiger partial charge is 0.292 e. The standard InChI is InChI=1S/C16H18N2O4S/c19-15(16-6-3-9-23-16)10-12-11-22-8-7-17(12)13-4-1-2-5-14(13)18(20)21/h1-6,9,12,15,19H,7-8,10-11H2. The molecule has 7 heteroatoms. The average molecular weight is 334 g/mol. The second-order valence-corrected chi connectivity index (χ2v) is 6.41. The van der Waals surface area contributed by atoms with Crippen LogP contribution in [-0.2, 0) is 4.74 Å². The van der Waals surface area contributed by atoms with Crippen molar-refractivity contribution in [2.45, 2.75) is 18.6 Å². The van der Waals surface area contributed by atoms with Gasteiger partial charge >= 0.3 is 0 Å². The molecular weight excluding hydrogens is 316 g/mol. The molecule has 1 aromatic carbocycles. The largest absolute Gasteiger partial charge is 0.387 e. The molecular formula is C16H18N2O4S. The molecule has 1 N–H and O–H groups in total. The molecule has 2 atom stereocenters. The van der Waals surface area contributed by atoms with E-state index in [1.54, 1.807) is 18.2 Å². The summed E-state index contributed by atoms with van der Waals surface area (Å²) in [6, 6.07) is 10.4. The Hall–Kier alpha value is -1.96. The van der Waals surface area contributed by atoms with Gasteiger partial charge in [-0.15, -0.1) is 11.3 Å². The molecule has 6 nitrogen and oxygen atoms in total. The van der Waals surface area contributed by atoms with E-state index in [0.29, 0.717) is 31.9 Å². The van der Waals surface area contributed by atoms with Crippen LogP contribution in [0.25, 0.3) is 0 Å². The zero-order valence-electron chi connectivity index (χ0n) is 12.5. The van der Waals surface area contributed by atoms with E-state index in [1.807, 2.05) is 22.4 Å². The average Bonchev–Trinajstić information content (AvgIpc) is 3.10. The second kappa shape index (κ2) is 7.08. The molecule has 23 heavy (non-hydrogen) atoms. The van der Waals surface area contributed by atoms with Gasteiger partial charge in [0.15, 0.2) is 0 Å². The SMILES string of the molecule is O=[N+]([O-])c1ccccc1N1CCOCC1CC(O)c1cccs1. The summed E-state index contributed by atoms with van der Waals surface area (Å²) in [7, 11) is 0. The summed E-state index contributed by atoms with van der Waals surface area (Å²) in [5.74, 6) is 0. The Kier molecular flexibility index (Phi) is 4.90. The van der Waals surface area contributed by atoms with Crippen molar-refractivity contribution in [1.82, 2.24) is 0 Å². The number of hydrogen-bond donors (Lipinski definition) is 1. The second-order valence-electron chi connectivity index (χ2n) is 5.43. The van der Waals surface area contributed by atoms with Gasteiger partial charge in [-0.3, -0.25) is 10.1 Å². The number of benzene rings is 1. The van der Waals surface area contributed by atoms with Crippen LogP contribution in [0.2, 0.25) is 0 Å². The summed E-state index contributed by atoms with van der Waals surface area (Å²) in [6.45, 7) is 1.55. The van der Waals surface area contributed by atoms with Crippen molar-refractivity contribution in [3.8, 4) is 0 Å². The number of hydrogen-bond acceptors (Lipinski definition) is 6. The van der Waals surface area contributed by atoms with Gasteiger partial charge < -0.3 is 14.7 Å². The molecule has 1 saturated heterocycles. The molecule has 0 spiro atoms. The fraction of sp³-hybridized carbons (Fsp3) is 0.375. The van der Waals surface area contributed by atoms with Crippen LogP contribution in [-0.4, -0.2) is 35.8 Å². The third-order valence-corrected chi connectivity index (χ3v) is 4.96. The zero-order chi connectivity index (χ0) is 16.2. The van der Waals surface area contributed by atoms with Crippen LogP contribution in [0.4, 0.5) is 11.4 Å². The first-order valence-corrected chi connectivity index (χ1v) is 8.34. The van der Waals surface area contributed by atoms with Crippen LogP contribution in [0.5, 0.6) is 0 Å². The maximum absolute atomic E-state index is 11.3. The molecule has 2 aromatic rings. The fourth-order valence-corrected chi connectivity index (χ4v) is 3.61. The minimum Gasteiger partial charge on any atom is -0.387 e. The lowest BCUT2D eigenvalue weighted by molar-refractivity contribution is -0.384. The van der Waals surface area contributed by atoms with Crippen LogP contribution < -0.4 is 4.90 Å². The van der Waals surface area contributed by atoms with E-state index < -0.39 is 6.10 Å². The summed E-state index contributed by atoms with van der Waals surface area (Å²) >= 11 is 1.51. The van der Waals surface area contributed by atoms with Gasteiger partial charge in [0.1, 0.15) is 5.69 Å². The van der Waals surface area contributed by atoms with E-state index >= 15 is 0 Å². The fourth-order valence-electron chi connectivity index (χ4n) is 2.88. The molecule has 0 aliphatic carbocycles. The third-order valence-electron chi connectivity index (χ3n) is 3.98. The molecule has 122 valence electrons. The summed E-state index contributed by atoms with van der Waals surface area (Å²) in [5, 5.41) is 23.6. The molecule has 0 radical (unpaired) electrons. The Labute approximate surface area is 138 Å². The third kappa shape index (κ3) is 3.52. The van der Waals surface area contributed by atoms with Gasteiger partial charge in [0.25, 0.3) is 5.69 Å². The van der Waals surface area contributed by atoms with Crippen molar-refractivity contribution < 1.29 is 14.8 Å². The molecule has 0 saturated carbocycles. The van der Waals surface area contributed by atoms with Crippen LogP contribution in [0.3, 0.4) is 0 Å². The van der Waals surface area contributed by atoms with Crippen LogP contribution in [0.1, 0.15) is 17.4 Å². The topological polar surface area (TPSA) is 75.8 Å². The minimum absolute atomic E-state index is 0.0880. The van der Waals surface area contributed by atoms with E-state index in [4.69, 9.17) is 4.74 Å². The Bertz CT molecular complexity index is 662. The van der Waals surface area contributed by atoms with Crippen LogP contribution in [0.15, 0.2) is 41.8 Å². The monoisotopic (exact) mass is 334 g/mol. The minimum atomic E-state index is -0.591. The van der Waals surface area contributed by atoms with E-state index in [-0.39, 0.29) is 16.7 Å². The van der Waals surface area contributed by atoms with Crippen molar-refractivity contribution in [3.63, 3.8) is 0 Å². The number of anilines is 1. The number of aliphatic hydroxyl groups is 1. The number of rotatable bonds is 5. The number of ether oxygens (including phenoxy) is 1. The molecule has 1 aliphatic heterocycles. The highest BCUT2D eigenvalue weighted by Gasteiger charge is 2.30.